The number of carbonyl (C=O) groups is 3. The molecular formula is C21H27N3O4. The van der Waals surface area contributed by atoms with Crippen molar-refractivity contribution in [2.75, 3.05) is 6.54 Å². The molecule has 150 valence electrons. The fourth-order valence-electron chi connectivity index (χ4n) is 2.93. The van der Waals surface area contributed by atoms with Gasteiger partial charge in [-0.1, -0.05) is 29.9 Å². The standard InChI is InChI=1S/C21H27N3O4/c1-13-4-3-5-16(10-13)20(27)18(11-15-6-8-17(25)9-7-15)24-19(26)12-23-21(28)14(2)22/h4,6-10,14,18,25H,3,5,11-12,22H2,1-2H3,(H,23,28)(H,24,26)/t14-,18+/m1/s1. The van der Waals surface area contributed by atoms with Gasteiger partial charge in [-0.2, -0.15) is 0 Å². The molecule has 2 atom stereocenters. The number of amides is 2. The number of carbonyl (C=O) groups excluding carboxylic acids is 3. The maximum Gasteiger partial charge on any atom is 0.240 e. The van der Waals surface area contributed by atoms with Crippen molar-refractivity contribution < 1.29 is 19.5 Å². The first kappa shape index (κ1) is 21.4. The minimum atomic E-state index is -0.763. The highest BCUT2D eigenvalue weighted by molar-refractivity contribution is 6.02. The van der Waals surface area contributed by atoms with Crippen LogP contribution in [0.25, 0.3) is 0 Å². The van der Waals surface area contributed by atoms with Gasteiger partial charge >= 0.3 is 0 Å². The Hall–Kier alpha value is -2.93. The van der Waals surface area contributed by atoms with Crippen molar-refractivity contribution in [2.24, 2.45) is 5.73 Å². The topological polar surface area (TPSA) is 122 Å². The van der Waals surface area contributed by atoms with Gasteiger partial charge in [-0.05, 0) is 50.0 Å². The Kier molecular flexibility index (Phi) is 7.52. The average molecular weight is 385 g/mol. The summed E-state index contributed by atoms with van der Waals surface area (Å²) in [7, 11) is 0. The smallest absolute Gasteiger partial charge is 0.240 e. The van der Waals surface area contributed by atoms with Crippen LogP contribution in [-0.2, 0) is 20.8 Å². The summed E-state index contributed by atoms with van der Waals surface area (Å²) in [4.78, 5) is 36.9. The van der Waals surface area contributed by atoms with Crippen LogP contribution >= 0.6 is 0 Å². The molecule has 1 aliphatic carbocycles. The second-order valence-electron chi connectivity index (χ2n) is 7.02. The zero-order valence-corrected chi connectivity index (χ0v) is 16.2. The number of Topliss-reactive ketones (excluding diaryl/α,β-unsaturated/α-hetero) is 1. The Morgan fingerprint density at radius 1 is 1.21 bits per heavy atom. The Bertz CT molecular complexity index is 794. The van der Waals surface area contributed by atoms with Crippen LogP contribution < -0.4 is 16.4 Å². The van der Waals surface area contributed by atoms with Crippen molar-refractivity contribution in [3.8, 4) is 5.75 Å². The third-order valence-electron chi connectivity index (χ3n) is 4.46. The molecule has 0 radical (unpaired) electrons. The summed E-state index contributed by atoms with van der Waals surface area (Å²) < 4.78 is 0. The SMILES string of the molecule is CC1=CCCC(C(=O)[C@H](Cc2ccc(O)cc2)NC(=O)CNC(=O)[C@@H](C)N)=C1. The fraction of sp³-hybridized carbons (Fsp3) is 0.381. The highest BCUT2D eigenvalue weighted by Crippen LogP contribution is 2.20. The van der Waals surface area contributed by atoms with E-state index in [4.69, 9.17) is 5.73 Å². The molecule has 2 amide bonds. The normalized spacial score (nSPS) is 15.7. The van der Waals surface area contributed by atoms with Gasteiger partial charge in [0, 0.05) is 6.42 Å². The molecule has 0 spiro atoms. The largest absolute Gasteiger partial charge is 0.508 e. The summed E-state index contributed by atoms with van der Waals surface area (Å²) in [6.45, 7) is 3.21. The summed E-state index contributed by atoms with van der Waals surface area (Å²) in [5.41, 5.74) is 7.96. The molecule has 2 rings (SSSR count). The van der Waals surface area contributed by atoms with Crippen LogP contribution in [0.2, 0.25) is 0 Å². The third-order valence-corrected chi connectivity index (χ3v) is 4.46. The maximum atomic E-state index is 13.0. The van der Waals surface area contributed by atoms with Crippen LogP contribution in [0.5, 0.6) is 5.75 Å². The molecular weight excluding hydrogens is 358 g/mol. The van der Waals surface area contributed by atoms with E-state index in [1.54, 1.807) is 12.1 Å². The number of phenolic OH excluding ortho intramolecular Hbond substituents is 1. The molecule has 0 bridgehead atoms. The number of rotatable bonds is 8. The van der Waals surface area contributed by atoms with E-state index in [9.17, 15) is 19.5 Å². The lowest BCUT2D eigenvalue weighted by molar-refractivity contribution is -0.128. The first-order valence-corrected chi connectivity index (χ1v) is 9.28. The predicted molar refractivity (Wildman–Crippen MR) is 106 cm³/mol. The van der Waals surface area contributed by atoms with Crippen LogP contribution in [0.3, 0.4) is 0 Å². The third kappa shape index (κ3) is 6.35. The number of hydrogen-bond donors (Lipinski definition) is 4. The molecule has 1 aliphatic rings. The molecule has 0 unspecified atom stereocenters. The van der Waals surface area contributed by atoms with Gasteiger partial charge in [-0.3, -0.25) is 14.4 Å². The molecule has 0 aromatic heterocycles. The first-order chi connectivity index (χ1) is 13.3. The van der Waals surface area contributed by atoms with Crippen molar-refractivity contribution in [3.63, 3.8) is 0 Å². The van der Waals surface area contributed by atoms with E-state index < -0.39 is 23.9 Å². The minimum Gasteiger partial charge on any atom is -0.508 e. The van der Waals surface area contributed by atoms with E-state index in [0.29, 0.717) is 12.0 Å². The molecule has 28 heavy (non-hydrogen) atoms. The second-order valence-corrected chi connectivity index (χ2v) is 7.02. The van der Waals surface area contributed by atoms with Gasteiger partial charge in [0.15, 0.2) is 5.78 Å². The number of nitrogens with one attached hydrogen (secondary N) is 2. The number of hydrogen-bond acceptors (Lipinski definition) is 5. The van der Waals surface area contributed by atoms with Crippen molar-refractivity contribution in [1.29, 1.82) is 0 Å². The molecule has 0 saturated heterocycles. The molecule has 0 aliphatic heterocycles. The Balaban J connectivity index is 2.12. The summed E-state index contributed by atoms with van der Waals surface area (Å²) in [5.74, 6) is -0.917. The summed E-state index contributed by atoms with van der Waals surface area (Å²) in [6.07, 6.45) is 5.60. The molecule has 7 heteroatoms. The lowest BCUT2D eigenvalue weighted by Gasteiger charge is -2.21. The van der Waals surface area contributed by atoms with Gasteiger partial charge in [-0.15, -0.1) is 0 Å². The number of phenols is 1. The molecule has 0 saturated carbocycles. The van der Waals surface area contributed by atoms with Crippen LogP contribution in [0, 0.1) is 0 Å². The van der Waals surface area contributed by atoms with Gasteiger partial charge in [-0.25, -0.2) is 0 Å². The first-order valence-electron chi connectivity index (χ1n) is 9.28. The van der Waals surface area contributed by atoms with E-state index in [1.165, 1.54) is 19.1 Å². The van der Waals surface area contributed by atoms with Crippen molar-refractivity contribution >= 4 is 17.6 Å². The molecule has 1 aromatic rings. The Labute approximate surface area is 164 Å². The van der Waals surface area contributed by atoms with Gasteiger partial charge in [0.2, 0.25) is 11.8 Å². The molecule has 0 fully saturated rings. The highest BCUT2D eigenvalue weighted by atomic mass is 16.3. The van der Waals surface area contributed by atoms with Crippen LogP contribution in [-0.4, -0.2) is 41.3 Å². The van der Waals surface area contributed by atoms with Crippen molar-refractivity contribution in [3.05, 3.63) is 53.1 Å². The summed E-state index contributed by atoms with van der Waals surface area (Å²) in [6, 6.07) is 5.01. The van der Waals surface area contributed by atoms with Crippen LogP contribution in [0.1, 0.15) is 32.3 Å². The molecule has 1 aromatic carbocycles. The average Bonchev–Trinajstić information content (AvgIpc) is 2.66. The van der Waals surface area contributed by atoms with Crippen LogP contribution in [0.15, 0.2) is 47.6 Å². The highest BCUT2D eigenvalue weighted by Gasteiger charge is 2.25. The minimum absolute atomic E-state index is 0.130. The number of ketones is 1. The van der Waals surface area contributed by atoms with Crippen molar-refractivity contribution in [2.45, 2.75) is 45.2 Å². The second kappa shape index (κ2) is 9.85. The maximum absolute atomic E-state index is 13.0. The quantitative estimate of drug-likeness (QED) is 0.534. The molecule has 7 nitrogen and oxygen atoms in total. The van der Waals surface area contributed by atoms with E-state index in [1.807, 2.05) is 13.0 Å². The Morgan fingerprint density at radius 3 is 2.50 bits per heavy atom. The Morgan fingerprint density at radius 2 is 1.89 bits per heavy atom. The van der Waals surface area contributed by atoms with Crippen LogP contribution in [0.4, 0.5) is 0 Å². The number of benzene rings is 1. The lowest BCUT2D eigenvalue weighted by atomic mass is 9.91. The summed E-state index contributed by atoms with van der Waals surface area (Å²) in [5, 5.41) is 14.6. The lowest BCUT2D eigenvalue weighted by Crippen LogP contribution is -2.49. The zero-order valence-electron chi connectivity index (χ0n) is 16.2. The molecule has 0 heterocycles. The summed E-state index contributed by atoms with van der Waals surface area (Å²) >= 11 is 0. The fourth-order valence-corrected chi connectivity index (χ4v) is 2.93. The van der Waals surface area contributed by atoms with E-state index in [-0.39, 0.29) is 24.5 Å². The van der Waals surface area contributed by atoms with Gasteiger partial charge in [0.25, 0.3) is 0 Å². The van der Waals surface area contributed by atoms with Gasteiger partial charge < -0.3 is 21.5 Å². The van der Waals surface area contributed by atoms with E-state index in [2.05, 4.69) is 16.7 Å². The van der Waals surface area contributed by atoms with Gasteiger partial charge in [0.05, 0.1) is 18.6 Å². The predicted octanol–water partition coefficient (Wildman–Crippen LogP) is 1.12. The number of nitrogens with two attached hydrogens (primary N) is 1. The number of aromatic hydroxyl groups is 1. The van der Waals surface area contributed by atoms with Crippen molar-refractivity contribution in [1.82, 2.24) is 10.6 Å². The number of allylic oxidation sites excluding steroid dienone is 3. The van der Waals surface area contributed by atoms with E-state index >= 15 is 0 Å². The van der Waals surface area contributed by atoms with E-state index in [0.717, 1.165) is 17.6 Å². The zero-order chi connectivity index (χ0) is 20.7. The van der Waals surface area contributed by atoms with Gasteiger partial charge in [0.1, 0.15) is 5.75 Å². The monoisotopic (exact) mass is 385 g/mol. The molecule has 5 N–H and O–H groups in total.